The van der Waals surface area contributed by atoms with E-state index in [9.17, 15) is 18.0 Å². The molecule has 130 valence electrons. The van der Waals surface area contributed by atoms with Gasteiger partial charge in [0.2, 0.25) is 11.7 Å². The Balaban J connectivity index is 1.98. The molecule has 0 aliphatic rings. The van der Waals surface area contributed by atoms with Gasteiger partial charge in [0.05, 0.1) is 0 Å². The molecule has 1 N–H and O–H groups in total. The van der Waals surface area contributed by atoms with E-state index in [2.05, 4.69) is 20.0 Å². The third-order valence-corrected chi connectivity index (χ3v) is 3.52. The van der Waals surface area contributed by atoms with E-state index < -0.39 is 12.1 Å². The van der Waals surface area contributed by atoms with E-state index in [1.807, 2.05) is 13.8 Å². The minimum absolute atomic E-state index is 0.0195. The molecular weight excluding hydrogens is 323 g/mol. The van der Waals surface area contributed by atoms with E-state index >= 15 is 0 Å². The number of alkyl halides is 3. The van der Waals surface area contributed by atoms with Gasteiger partial charge in [0.1, 0.15) is 0 Å². The van der Waals surface area contributed by atoms with Gasteiger partial charge >= 0.3 is 12.1 Å². The van der Waals surface area contributed by atoms with E-state index in [4.69, 9.17) is 0 Å². The number of rotatable bonds is 6. The minimum atomic E-state index is -4.66. The first-order valence-electron chi connectivity index (χ1n) is 7.59. The Kier molecular flexibility index (Phi) is 5.58. The molecule has 1 aromatic carbocycles. The predicted molar refractivity (Wildman–Crippen MR) is 80.7 cm³/mol. The van der Waals surface area contributed by atoms with Gasteiger partial charge in [-0.1, -0.05) is 49.7 Å². The zero-order valence-corrected chi connectivity index (χ0v) is 13.4. The third kappa shape index (κ3) is 4.56. The number of carbonyl (C=O) groups is 1. The maximum atomic E-state index is 12.4. The van der Waals surface area contributed by atoms with Crippen molar-refractivity contribution in [3.63, 3.8) is 0 Å². The van der Waals surface area contributed by atoms with Crippen LogP contribution in [-0.4, -0.2) is 16.0 Å². The van der Waals surface area contributed by atoms with Gasteiger partial charge in [-0.05, 0) is 12.0 Å². The Morgan fingerprint density at radius 2 is 1.96 bits per heavy atom. The predicted octanol–water partition coefficient (Wildman–Crippen LogP) is 3.81. The average molecular weight is 341 g/mol. The summed E-state index contributed by atoms with van der Waals surface area (Å²) in [4.78, 5) is 15.2. The van der Waals surface area contributed by atoms with Crippen molar-refractivity contribution in [2.45, 2.75) is 39.4 Å². The van der Waals surface area contributed by atoms with Crippen molar-refractivity contribution < 1.29 is 22.5 Å². The molecule has 1 unspecified atom stereocenters. The molecule has 0 bridgehead atoms. The summed E-state index contributed by atoms with van der Waals surface area (Å²) in [5.74, 6) is -1.57. The fourth-order valence-electron chi connectivity index (χ4n) is 2.16. The van der Waals surface area contributed by atoms with E-state index in [0.717, 1.165) is 18.4 Å². The Morgan fingerprint density at radius 3 is 2.50 bits per heavy atom. The van der Waals surface area contributed by atoms with Gasteiger partial charge in [0.15, 0.2) is 0 Å². The van der Waals surface area contributed by atoms with Crippen LogP contribution in [0.25, 0.3) is 11.4 Å². The molecule has 0 saturated carbocycles. The van der Waals surface area contributed by atoms with Crippen molar-refractivity contribution >= 4 is 5.91 Å². The van der Waals surface area contributed by atoms with Crippen LogP contribution in [0.4, 0.5) is 13.2 Å². The standard InChI is InChI=1S/C16H18F3N3O2/c1-3-4-10(2)14(23)20-9-11-5-7-12(8-6-11)13-21-15(24-22-13)16(17,18)19/h5-8,10H,3-4,9H2,1-2H3,(H,20,23). The Labute approximate surface area is 137 Å². The van der Waals surface area contributed by atoms with E-state index in [1.165, 1.54) is 0 Å². The molecule has 2 aromatic rings. The molecule has 0 fully saturated rings. The number of benzene rings is 1. The van der Waals surface area contributed by atoms with Crippen LogP contribution in [0, 0.1) is 5.92 Å². The first kappa shape index (κ1) is 18.0. The normalized spacial score (nSPS) is 12.9. The molecule has 2 rings (SSSR count). The topological polar surface area (TPSA) is 68.0 Å². The molecule has 5 nitrogen and oxygen atoms in total. The minimum Gasteiger partial charge on any atom is -0.352 e. The molecule has 1 aromatic heterocycles. The van der Waals surface area contributed by atoms with E-state index in [1.54, 1.807) is 24.3 Å². The van der Waals surface area contributed by atoms with Crippen LogP contribution in [0.1, 0.15) is 38.1 Å². The van der Waals surface area contributed by atoms with Gasteiger partial charge < -0.3 is 9.84 Å². The molecule has 8 heteroatoms. The number of hydrogen-bond donors (Lipinski definition) is 1. The summed E-state index contributed by atoms with van der Waals surface area (Å²) in [6, 6.07) is 6.57. The second kappa shape index (κ2) is 7.46. The fraction of sp³-hybridized carbons (Fsp3) is 0.438. The zero-order valence-electron chi connectivity index (χ0n) is 13.4. The van der Waals surface area contributed by atoms with E-state index in [-0.39, 0.29) is 17.6 Å². The van der Waals surface area contributed by atoms with Crippen molar-refractivity contribution in [1.29, 1.82) is 0 Å². The lowest BCUT2D eigenvalue weighted by molar-refractivity contribution is -0.159. The summed E-state index contributed by atoms with van der Waals surface area (Å²) in [5, 5.41) is 6.15. The molecular formula is C16H18F3N3O2. The van der Waals surface area contributed by atoms with Gasteiger partial charge in [0.25, 0.3) is 0 Å². The third-order valence-electron chi connectivity index (χ3n) is 3.52. The van der Waals surface area contributed by atoms with Crippen LogP contribution in [0.3, 0.4) is 0 Å². The average Bonchev–Trinajstić information content (AvgIpc) is 3.03. The lowest BCUT2D eigenvalue weighted by atomic mass is 10.1. The lowest BCUT2D eigenvalue weighted by Crippen LogP contribution is -2.28. The number of hydrogen-bond acceptors (Lipinski definition) is 4. The van der Waals surface area contributed by atoms with Gasteiger partial charge in [0, 0.05) is 18.0 Å². The highest BCUT2D eigenvalue weighted by Crippen LogP contribution is 2.29. The van der Waals surface area contributed by atoms with Gasteiger partial charge in [-0.3, -0.25) is 4.79 Å². The SMILES string of the molecule is CCCC(C)C(=O)NCc1ccc(-c2noc(C(F)(F)F)n2)cc1. The number of aromatic nitrogens is 2. The number of nitrogens with zero attached hydrogens (tertiary/aromatic N) is 2. The van der Waals surface area contributed by atoms with Crippen molar-refractivity contribution in [1.82, 2.24) is 15.5 Å². The number of carbonyl (C=O) groups excluding carboxylic acids is 1. The molecule has 0 aliphatic heterocycles. The Bertz CT molecular complexity index is 681. The van der Waals surface area contributed by atoms with Crippen molar-refractivity contribution in [3.05, 3.63) is 35.7 Å². The summed E-state index contributed by atoms with van der Waals surface area (Å²) < 4.78 is 41.5. The first-order valence-corrected chi connectivity index (χ1v) is 7.59. The monoisotopic (exact) mass is 341 g/mol. The fourth-order valence-corrected chi connectivity index (χ4v) is 2.16. The van der Waals surface area contributed by atoms with Crippen molar-refractivity contribution in [2.75, 3.05) is 0 Å². The highest BCUT2D eigenvalue weighted by Gasteiger charge is 2.38. The van der Waals surface area contributed by atoms with E-state index in [0.29, 0.717) is 12.1 Å². The number of amides is 1. The first-order chi connectivity index (χ1) is 11.3. The highest BCUT2D eigenvalue weighted by molar-refractivity contribution is 5.78. The van der Waals surface area contributed by atoms with Crippen LogP contribution < -0.4 is 5.32 Å². The molecule has 24 heavy (non-hydrogen) atoms. The lowest BCUT2D eigenvalue weighted by Gasteiger charge is -2.11. The van der Waals surface area contributed by atoms with Crippen molar-refractivity contribution in [2.24, 2.45) is 5.92 Å². The van der Waals surface area contributed by atoms with Gasteiger partial charge in [-0.15, -0.1) is 0 Å². The molecule has 1 amide bonds. The van der Waals surface area contributed by atoms with Crippen molar-refractivity contribution in [3.8, 4) is 11.4 Å². The molecule has 1 atom stereocenters. The highest BCUT2D eigenvalue weighted by atomic mass is 19.4. The zero-order chi connectivity index (χ0) is 17.7. The van der Waals surface area contributed by atoms with Crippen LogP contribution in [0.2, 0.25) is 0 Å². The van der Waals surface area contributed by atoms with Crippen LogP contribution in [-0.2, 0) is 17.5 Å². The molecule has 0 spiro atoms. The Morgan fingerprint density at radius 1 is 1.29 bits per heavy atom. The quantitative estimate of drug-likeness (QED) is 0.867. The van der Waals surface area contributed by atoms with Gasteiger partial charge in [-0.2, -0.15) is 18.2 Å². The van der Waals surface area contributed by atoms with Gasteiger partial charge in [-0.25, -0.2) is 0 Å². The summed E-state index contributed by atoms with van der Waals surface area (Å²) in [7, 11) is 0. The number of halogens is 3. The summed E-state index contributed by atoms with van der Waals surface area (Å²) in [6.45, 7) is 4.24. The summed E-state index contributed by atoms with van der Waals surface area (Å²) in [6.07, 6.45) is -2.90. The Hall–Kier alpha value is -2.38. The van der Waals surface area contributed by atoms with Crippen LogP contribution in [0.5, 0.6) is 0 Å². The summed E-state index contributed by atoms with van der Waals surface area (Å²) in [5.41, 5.74) is 1.24. The van der Waals surface area contributed by atoms with Crippen LogP contribution >= 0.6 is 0 Å². The maximum absolute atomic E-state index is 12.4. The smallest absolute Gasteiger partial charge is 0.352 e. The number of nitrogens with one attached hydrogen (secondary N) is 1. The second-order valence-corrected chi connectivity index (χ2v) is 5.53. The maximum Gasteiger partial charge on any atom is 0.471 e. The molecule has 0 aliphatic carbocycles. The second-order valence-electron chi connectivity index (χ2n) is 5.53. The molecule has 0 saturated heterocycles. The van der Waals surface area contributed by atoms with Crippen LogP contribution in [0.15, 0.2) is 28.8 Å². The molecule has 1 heterocycles. The molecule has 0 radical (unpaired) electrons. The largest absolute Gasteiger partial charge is 0.471 e. The summed E-state index contributed by atoms with van der Waals surface area (Å²) >= 11 is 0.